The monoisotopic (exact) mass is 253 g/mol. The van der Waals surface area contributed by atoms with Crippen molar-refractivity contribution < 1.29 is 19.7 Å². The molecular weight excluding hydrogens is 234 g/mol. The summed E-state index contributed by atoms with van der Waals surface area (Å²) in [6.07, 6.45) is 0. The zero-order chi connectivity index (χ0) is 13.4. The van der Waals surface area contributed by atoms with Crippen molar-refractivity contribution in [2.75, 3.05) is 19.8 Å². The molecule has 1 aromatic carbocycles. The third-order valence-corrected chi connectivity index (χ3v) is 2.50. The second-order valence-corrected chi connectivity index (χ2v) is 3.82. The fourth-order valence-electron chi connectivity index (χ4n) is 1.57. The average Bonchev–Trinajstić information content (AvgIpc) is 2.41. The molecule has 0 spiro atoms. The van der Waals surface area contributed by atoms with Gasteiger partial charge in [-0.2, -0.15) is 0 Å². The molecule has 1 atom stereocenters. The fourth-order valence-corrected chi connectivity index (χ4v) is 1.57. The molecule has 0 heterocycles. The van der Waals surface area contributed by atoms with Crippen LogP contribution in [0.2, 0.25) is 0 Å². The van der Waals surface area contributed by atoms with Crippen LogP contribution >= 0.6 is 0 Å². The van der Waals surface area contributed by atoms with Gasteiger partial charge in [-0.05, 0) is 12.5 Å². The van der Waals surface area contributed by atoms with Crippen molar-refractivity contribution >= 4 is 5.97 Å². The van der Waals surface area contributed by atoms with Gasteiger partial charge in [0.05, 0.1) is 25.9 Å². The summed E-state index contributed by atoms with van der Waals surface area (Å²) >= 11 is 0. The Labute approximate surface area is 106 Å². The van der Waals surface area contributed by atoms with Crippen LogP contribution in [0.15, 0.2) is 30.3 Å². The third-order valence-electron chi connectivity index (χ3n) is 2.50. The molecule has 5 nitrogen and oxygen atoms in total. The van der Waals surface area contributed by atoms with E-state index in [1.54, 1.807) is 19.1 Å². The molecule has 1 rings (SSSR count). The quantitative estimate of drug-likeness (QED) is 0.606. The molecule has 0 amide bonds. The molecule has 0 aliphatic heterocycles. The molecular formula is C13H19NO4. The number of benzene rings is 1. The van der Waals surface area contributed by atoms with Crippen LogP contribution in [0.4, 0.5) is 0 Å². The highest BCUT2D eigenvalue weighted by atomic mass is 16.5. The van der Waals surface area contributed by atoms with E-state index in [2.05, 4.69) is 5.32 Å². The lowest BCUT2D eigenvalue weighted by molar-refractivity contribution is -0.146. The van der Waals surface area contributed by atoms with Gasteiger partial charge in [0.2, 0.25) is 0 Å². The first-order valence-electron chi connectivity index (χ1n) is 5.92. The average molecular weight is 253 g/mol. The molecule has 0 saturated heterocycles. The Bertz CT molecular complexity index is 351. The number of esters is 1. The first-order chi connectivity index (χ1) is 8.72. The predicted molar refractivity (Wildman–Crippen MR) is 66.9 cm³/mol. The van der Waals surface area contributed by atoms with Crippen molar-refractivity contribution in [3.63, 3.8) is 0 Å². The Kier molecular flexibility index (Phi) is 6.35. The summed E-state index contributed by atoms with van der Waals surface area (Å²) in [7, 11) is 0. The van der Waals surface area contributed by atoms with Gasteiger partial charge in [-0.1, -0.05) is 30.3 Å². The van der Waals surface area contributed by atoms with Gasteiger partial charge in [-0.25, -0.2) is 4.79 Å². The fraction of sp³-hybridized carbons (Fsp3) is 0.462. The van der Waals surface area contributed by atoms with Gasteiger partial charge in [0.25, 0.3) is 0 Å². The Hall–Kier alpha value is -1.43. The Morgan fingerprint density at radius 2 is 1.89 bits per heavy atom. The highest BCUT2D eigenvalue weighted by Crippen LogP contribution is 2.15. The van der Waals surface area contributed by atoms with Crippen LogP contribution in [0.5, 0.6) is 0 Å². The lowest BCUT2D eigenvalue weighted by Crippen LogP contribution is -2.42. The molecule has 0 fully saturated rings. The van der Waals surface area contributed by atoms with Gasteiger partial charge in [0.1, 0.15) is 6.04 Å². The zero-order valence-corrected chi connectivity index (χ0v) is 10.4. The number of nitrogens with one attached hydrogen (secondary N) is 1. The van der Waals surface area contributed by atoms with E-state index < -0.39 is 18.1 Å². The van der Waals surface area contributed by atoms with Gasteiger partial charge < -0.3 is 14.9 Å². The first-order valence-corrected chi connectivity index (χ1v) is 5.92. The molecule has 0 aromatic heterocycles. The zero-order valence-electron chi connectivity index (χ0n) is 10.4. The van der Waals surface area contributed by atoms with E-state index in [1.165, 1.54) is 0 Å². The lowest BCUT2D eigenvalue weighted by atomic mass is 10.1. The van der Waals surface area contributed by atoms with Gasteiger partial charge in [-0.3, -0.25) is 5.32 Å². The van der Waals surface area contributed by atoms with Crippen LogP contribution < -0.4 is 5.32 Å². The minimum absolute atomic E-state index is 0.251. The van der Waals surface area contributed by atoms with E-state index in [4.69, 9.17) is 14.9 Å². The summed E-state index contributed by atoms with van der Waals surface area (Å²) in [5, 5.41) is 21.0. The van der Waals surface area contributed by atoms with E-state index in [9.17, 15) is 4.79 Å². The predicted octanol–water partition coefficient (Wildman–Crippen LogP) is 0.234. The molecule has 0 radical (unpaired) electrons. The standard InChI is InChI=1S/C13H19NO4/c1-2-18-13(17)12(14-11(8-15)9-16)10-6-4-3-5-7-10/h3-7,11-12,14-16H,2,8-9H2,1H3. The van der Waals surface area contributed by atoms with E-state index in [0.29, 0.717) is 0 Å². The molecule has 0 aliphatic rings. The highest BCUT2D eigenvalue weighted by Gasteiger charge is 2.24. The molecule has 1 aromatic rings. The lowest BCUT2D eigenvalue weighted by Gasteiger charge is -2.22. The van der Waals surface area contributed by atoms with Crippen molar-refractivity contribution in [3.05, 3.63) is 35.9 Å². The summed E-state index contributed by atoms with van der Waals surface area (Å²) < 4.78 is 4.98. The van der Waals surface area contributed by atoms with Crippen LogP contribution in [-0.2, 0) is 9.53 Å². The number of hydrogen-bond acceptors (Lipinski definition) is 5. The van der Waals surface area contributed by atoms with Gasteiger partial charge >= 0.3 is 5.97 Å². The van der Waals surface area contributed by atoms with Gasteiger partial charge in [-0.15, -0.1) is 0 Å². The molecule has 0 saturated carbocycles. The van der Waals surface area contributed by atoms with Crippen molar-refractivity contribution in [1.29, 1.82) is 0 Å². The number of aliphatic hydroxyl groups excluding tert-OH is 2. The second kappa shape index (κ2) is 7.81. The Morgan fingerprint density at radius 1 is 1.28 bits per heavy atom. The van der Waals surface area contributed by atoms with Crippen LogP contribution in [0, 0.1) is 0 Å². The number of hydrogen-bond donors (Lipinski definition) is 3. The minimum Gasteiger partial charge on any atom is -0.465 e. The molecule has 18 heavy (non-hydrogen) atoms. The second-order valence-electron chi connectivity index (χ2n) is 3.82. The number of rotatable bonds is 7. The molecule has 3 N–H and O–H groups in total. The Balaban J connectivity index is 2.85. The molecule has 0 aliphatic carbocycles. The molecule has 100 valence electrons. The van der Waals surface area contributed by atoms with Gasteiger partial charge in [0, 0.05) is 0 Å². The van der Waals surface area contributed by atoms with Crippen LogP contribution in [0.3, 0.4) is 0 Å². The van der Waals surface area contributed by atoms with Crippen LogP contribution in [0.25, 0.3) is 0 Å². The maximum atomic E-state index is 11.9. The number of carbonyl (C=O) groups is 1. The van der Waals surface area contributed by atoms with Crippen molar-refractivity contribution in [1.82, 2.24) is 5.32 Å². The van der Waals surface area contributed by atoms with E-state index in [0.717, 1.165) is 5.56 Å². The summed E-state index contributed by atoms with van der Waals surface area (Å²) in [6, 6.07) is 7.82. The number of carbonyl (C=O) groups excluding carboxylic acids is 1. The van der Waals surface area contributed by atoms with E-state index >= 15 is 0 Å². The topological polar surface area (TPSA) is 78.8 Å². The molecule has 5 heteroatoms. The summed E-state index contributed by atoms with van der Waals surface area (Å²) in [4.78, 5) is 11.9. The summed E-state index contributed by atoms with van der Waals surface area (Å²) in [5.74, 6) is -0.421. The largest absolute Gasteiger partial charge is 0.465 e. The highest BCUT2D eigenvalue weighted by molar-refractivity contribution is 5.77. The smallest absolute Gasteiger partial charge is 0.327 e. The third kappa shape index (κ3) is 4.10. The molecule has 0 bridgehead atoms. The SMILES string of the molecule is CCOC(=O)C(NC(CO)CO)c1ccccc1. The van der Waals surface area contributed by atoms with Crippen molar-refractivity contribution in [2.24, 2.45) is 0 Å². The maximum absolute atomic E-state index is 11.9. The van der Waals surface area contributed by atoms with Crippen LogP contribution in [-0.4, -0.2) is 42.0 Å². The number of aliphatic hydroxyl groups is 2. The normalized spacial score (nSPS) is 12.4. The van der Waals surface area contributed by atoms with Crippen LogP contribution in [0.1, 0.15) is 18.5 Å². The summed E-state index contributed by atoms with van der Waals surface area (Å²) in [6.45, 7) is 1.51. The molecule has 1 unspecified atom stereocenters. The summed E-state index contributed by atoms with van der Waals surface area (Å²) in [5.41, 5.74) is 0.739. The van der Waals surface area contributed by atoms with E-state index in [1.807, 2.05) is 18.2 Å². The Morgan fingerprint density at radius 3 is 2.39 bits per heavy atom. The van der Waals surface area contributed by atoms with Crippen molar-refractivity contribution in [2.45, 2.75) is 19.0 Å². The number of ether oxygens (including phenoxy) is 1. The minimum atomic E-state index is -0.685. The van der Waals surface area contributed by atoms with Crippen molar-refractivity contribution in [3.8, 4) is 0 Å². The maximum Gasteiger partial charge on any atom is 0.327 e. The van der Waals surface area contributed by atoms with Gasteiger partial charge in [0.15, 0.2) is 0 Å². The first kappa shape index (κ1) is 14.6. The van der Waals surface area contributed by atoms with E-state index in [-0.39, 0.29) is 19.8 Å².